The maximum atomic E-state index is 12.9. The predicted octanol–water partition coefficient (Wildman–Crippen LogP) is 2.22. The molecule has 0 saturated carbocycles. The molecule has 35 heavy (non-hydrogen) atoms. The summed E-state index contributed by atoms with van der Waals surface area (Å²) in [5.41, 5.74) is 2.39. The molecule has 1 aromatic carbocycles. The molecule has 3 rings (SSSR count). The van der Waals surface area contributed by atoms with Crippen molar-refractivity contribution in [1.29, 1.82) is 0 Å². The molecular weight excluding hydrogens is 565 g/mol. The van der Waals surface area contributed by atoms with Gasteiger partial charge in [-0.05, 0) is 36.6 Å². The summed E-state index contributed by atoms with van der Waals surface area (Å²) in [6.45, 7) is 6.84. The normalized spacial score (nSPS) is 18.9. The quantitative estimate of drug-likeness (QED) is 0.191. The molecule has 2 aliphatic rings. The van der Waals surface area contributed by atoms with Crippen molar-refractivity contribution in [3.05, 3.63) is 53.6 Å². The van der Waals surface area contributed by atoms with E-state index in [-0.39, 0.29) is 12.7 Å². The molecule has 190 valence electrons. The molecule has 1 fully saturated rings. The Balaban J connectivity index is 1.55. The number of nitrogens with one attached hydrogen (secondary N) is 1. The summed E-state index contributed by atoms with van der Waals surface area (Å²) in [6, 6.07) is 5.72. The zero-order chi connectivity index (χ0) is 25.2. The lowest BCUT2D eigenvalue weighted by atomic mass is 9.97. The second-order valence-corrected chi connectivity index (χ2v) is 9.12. The molecule has 1 aliphatic carbocycles. The van der Waals surface area contributed by atoms with E-state index in [1.165, 1.54) is 7.05 Å². The monoisotopic (exact) mass is 597 g/mol. The molecule has 1 heterocycles. The van der Waals surface area contributed by atoms with Crippen molar-refractivity contribution < 1.29 is 28.6 Å². The van der Waals surface area contributed by atoms with Gasteiger partial charge in [0.1, 0.15) is 0 Å². The Hall–Kier alpha value is -2.28. The van der Waals surface area contributed by atoms with Crippen molar-refractivity contribution in [1.82, 2.24) is 13.3 Å². The zero-order valence-electron chi connectivity index (χ0n) is 20.1. The Morgan fingerprint density at radius 3 is 2.54 bits per heavy atom. The van der Waals surface area contributed by atoms with Gasteiger partial charge < -0.3 is 19.5 Å². The average Bonchev–Trinajstić information content (AvgIpc) is 2.89. The minimum Gasteiger partial charge on any atom is -0.464 e. The number of hydrogen-bond donors (Lipinski definition) is 1. The number of hydrogen-bond acceptors (Lipinski definition) is 7. The number of halogens is 1. The third-order valence-electron chi connectivity index (χ3n) is 5.79. The number of morpholine rings is 1. The number of rotatable bonds is 10. The maximum Gasteiger partial charge on any atom is 0.339 e. The van der Waals surface area contributed by atoms with E-state index in [1.54, 1.807) is 41.9 Å². The van der Waals surface area contributed by atoms with E-state index in [4.69, 9.17) is 14.2 Å². The number of carbonyl (C=O) groups is 3. The average molecular weight is 597 g/mol. The molecule has 1 unspecified atom stereocenters. The first-order valence-corrected chi connectivity index (χ1v) is 12.7. The van der Waals surface area contributed by atoms with Gasteiger partial charge in [-0.2, -0.15) is 0 Å². The molecule has 2 atom stereocenters. The standard InChI is InChI=1S/C25H32IN3O6/c1-3-34-25(32)22(23(30)27-2)29(26)24(31)20-6-4-18(5-7-20)19-8-10-21(11-9-19)35-17-14-28-12-15-33-16-13-28/h4-10,21-22H,3,11-17H2,1-2H3,(H,27,30)/t21?,22-/m0/s1. The van der Waals surface area contributed by atoms with Crippen molar-refractivity contribution in [3.8, 4) is 0 Å². The number of allylic oxidation sites excluding steroid dienone is 2. The molecular formula is C25H32IN3O6. The van der Waals surface area contributed by atoms with E-state index in [0.29, 0.717) is 12.2 Å². The van der Waals surface area contributed by atoms with Crippen molar-refractivity contribution in [3.63, 3.8) is 0 Å². The van der Waals surface area contributed by atoms with E-state index in [2.05, 4.69) is 22.4 Å². The Morgan fingerprint density at radius 1 is 1.23 bits per heavy atom. The van der Waals surface area contributed by atoms with E-state index in [0.717, 1.165) is 53.5 Å². The number of amides is 2. The van der Waals surface area contributed by atoms with Crippen LogP contribution in [0.4, 0.5) is 0 Å². The molecule has 2 amide bonds. The molecule has 0 spiro atoms. The van der Waals surface area contributed by atoms with Crippen LogP contribution in [0.1, 0.15) is 29.3 Å². The minimum atomic E-state index is -1.36. The number of esters is 1. The second kappa shape index (κ2) is 13.7. The fourth-order valence-electron chi connectivity index (χ4n) is 3.80. The summed E-state index contributed by atoms with van der Waals surface area (Å²) < 4.78 is 17.4. The lowest BCUT2D eigenvalue weighted by Gasteiger charge is -2.27. The zero-order valence-corrected chi connectivity index (χ0v) is 22.2. The van der Waals surface area contributed by atoms with E-state index >= 15 is 0 Å². The maximum absolute atomic E-state index is 12.9. The van der Waals surface area contributed by atoms with Gasteiger partial charge in [-0.1, -0.05) is 30.4 Å². The van der Waals surface area contributed by atoms with Gasteiger partial charge in [0.05, 0.1) is 55.4 Å². The third kappa shape index (κ3) is 7.60. The van der Waals surface area contributed by atoms with Crippen LogP contribution in [0.15, 0.2) is 42.5 Å². The summed E-state index contributed by atoms with van der Waals surface area (Å²) in [4.78, 5) is 39.7. The van der Waals surface area contributed by atoms with Crippen LogP contribution in [0.2, 0.25) is 0 Å². The van der Waals surface area contributed by atoms with Crippen molar-refractivity contribution in [2.45, 2.75) is 25.5 Å². The van der Waals surface area contributed by atoms with Gasteiger partial charge in [-0.25, -0.2) is 4.79 Å². The van der Waals surface area contributed by atoms with Gasteiger partial charge >= 0.3 is 5.97 Å². The highest BCUT2D eigenvalue weighted by molar-refractivity contribution is 14.1. The van der Waals surface area contributed by atoms with Crippen LogP contribution >= 0.6 is 22.9 Å². The first-order valence-electron chi connectivity index (χ1n) is 11.7. The summed E-state index contributed by atoms with van der Waals surface area (Å²) in [7, 11) is 1.41. The molecule has 1 aliphatic heterocycles. The number of nitrogens with zero attached hydrogens (tertiary/aromatic N) is 2. The van der Waals surface area contributed by atoms with Gasteiger partial charge in [-0.3, -0.25) is 17.6 Å². The smallest absolute Gasteiger partial charge is 0.339 e. The topological polar surface area (TPSA) is 97.4 Å². The van der Waals surface area contributed by atoms with Crippen molar-refractivity contribution in [2.24, 2.45) is 0 Å². The SMILES string of the molecule is CCOC(=O)[C@H](C(=O)NC)N(I)C(=O)c1ccc(C2=CCC(OCCN3CCOCC3)C=C2)cc1. The number of ether oxygens (including phenoxy) is 3. The minimum absolute atomic E-state index is 0.0535. The first-order chi connectivity index (χ1) is 16.9. The third-order valence-corrected chi connectivity index (χ3v) is 6.79. The molecule has 1 saturated heterocycles. The second-order valence-electron chi connectivity index (χ2n) is 8.08. The van der Waals surface area contributed by atoms with Crippen LogP contribution in [0.3, 0.4) is 0 Å². The molecule has 0 aromatic heterocycles. The largest absolute Gasteiger partial charge is 0.464 e. The van der Waals surface area contributed by atoms with E-state index in [9.17, 15) is 14.4 Å². The lowest BCUT2D eigenvalue weighted by molar-refractivity contribution is -0.150. The Morgan fingerprint density at radius 2 is 1.94 bits per heavy atom. The number of carbonyl (C=O) groups excluding carboxylic acids is 3. The van der Waals surface area contributed by atoms with Crippen LogP contribution in [0.5, 0.6) is 0 Å². The van der Waals surface area contributed by atoms with Gasteiger partial charge in [0.25, 0.3) is 11.8 Å². The van der Waals surface area contributed by atoms with Crippen LogP contribution < -0.4 is 5.32 Å². The fourth-order valence-corrected chi connectivity index (χ4v) is 4.56. The lowest BCUT2D eigenvalue weighted by Crippen LogP contribution is -2.49. The Bertz CT molecular complexity index is 943. The van der Waals surface area contributed by atoms with Gasteiger partial charge in [-0.15, -0.1) is 0 Å². The number of benzene rings is 1. The molecule has 0 radical (unpaired) electrons. The number of likely N-dealkylation sites (N-methyl/N-ethyl adjacent to an activating group) is 1. The summed E-state index contributed by atoms with van der Waals surface area (Å²) in [6.07, 6.45) is 7.06. The van der Waals surface area contributed by atoms with Gasteiger partial charge in [0, 0.05) is 32.2 Å². The predicted molar refractivity (Wildman–Crippen MR) is 140 cm³/mol. The van der Waals surface area contributed by atoms with Crippen LogP contribution in [-0.2, 0) is 23.8 Å². The summed E-state index contributed by atoms with van der Waals surface area (Å²) in [5.74, 6) is -1.84. The summed E-state index contributed by atoms with van der Waals surface area (Å²) >= 11 is 1.68. The van der Waals surface area contributed by atoms with E-state index in [1.807, 2.05) is 18.2 Å². The van der Waals surface area contributed by atoms with Crippen molar-refractivity contribution >= 4 is 46.2 Å². The van der Waals surface area contributed by atoms with Crippen LogP contribution in [0, 0.1) is 0 Å². The Labute approximate surface area is 219 Å². The molecule has 9 nitrogen and oxygen atoms in total. The fraction of sp³-hybridized carbons (Fsp3) is 0.480. The van der Waals surface area contributed by atoms with E-state index < -0.39 is 23.8 Å². The van der Waals surface area contributed by atoms with Gasteiger partial charge in [0.2, 0.25) is 6.04 Å². The van der Waals surface area contributed by atoms with Gasteiger partial charge in [0.15, 0.2) is 0 Å². The van der Waals surface area contributed by atoms with Crippen LogP contribution in [0.25, 0.3) is 5.57 Å². The molecule has 10 heteroatoms. The molecule has 0 bridgehead atoms. The van der Waals surface area contributed by atoms with Crippen LogP contribution in [-0.4, -0.2) is 91.1 Å². The molecule has 1 aromatic rings. The molecule has 1 N–H and O–H groups in total. The highest BCUT2D eigenvalue weighted by Gasteiger charge is 2.36. The Kier molecular flexibility index (Phi) is 10.7. The van der Waals surface area contributed by atoms with Crippen molar-refractivity contribution in [2.75, 3.05) is 53.1 Å². The highest BCUT2D eigenvalue weighted by atomic mass is 127. The first kappa shape index (κ1) is 27.3. The summed E-state index contributed by atoms with van der Waals surface area (Å²) in [5, 5.41) is 2.41. The highest BCUT2D eigenvalue weighted by Crippen LogP contribution is 2.24.